The monoisotopic (exact) mass is 218 g/mol. The van der Waals surface area contributed by atoms with E-state index in [1.165, 1.54) is 36.9 Å². The molecule has 0 bridgehead atoms. The lowest BCUT2D eigenvalue weighted by atomic mass is 10.0. The van der Waals surface area contributed by atoms with Gasteiger partial charge in [-0.25, -0.2) is 0 Å². The quantitative estimate of drug-likeness (QED) is 0.769. The predicted molar refractivity (Wildman–Crippen MR) is 67.7 cm³/mol. The van der Waals surface area contributed by atoms with Crippen LogP contribution in [0.2, 0.25) is 0 Å². The highest BCUT2D eigenvalue weighted by Gasteiger charge is 2.22. The van der Waals surface area contributed by atoms with Crippen LogP contribution in [0.25, 0.3) is 0 Å². The number of aryl methyl sites for hydroxylation is 1. The molecule has 1 aromatic rings. The largest absolute Gasteiger partial charge is 0.315 e. The zero-order valence-electron chi connectivity index (χ0n) is 10.4. The Morgan fingerprint density at radius 1 is 1.50 bits per heavy atom. The van der Waals surface area contributed by atoms with Crippen LogP contribution >= 0.6 is 0 Å². The first-order valence-electron chi connectivity index (χ1n) is 6.44. The number of fused-ring (bicyclic) bond motifs is 1. The Morgan fingerprint density at radius 2 is 2.38 bits per heavy atom. The zero-order valence-corrected chi connectivity index (χ0v) is 10.4. The second-order valence-corrected chi connectivity index (χ2v) is 5.03. The lowest BCUT2D eigenvalue weighted by Gasteiger charge is -2.12. The van der Waals surface area contributed by atoms with E-state index >= 15 is 0 Å². The lowest BCUT2D eigenvalue weighted by molar-refractivity contribution is 0.517. The molecule has 0 aromatic carbocycles. The lowest BCUT2D eigenvalue weighted by Crippen LogP contribution is -2.23. The van der Waals surface area contributed by atoms with Gasteiger partial charge in [-0.05, 0) is 43.9 Å². The third-order valence-corrected chi connectivity index (χ3v) is 3.36. The second-order valence-electron chi connectivity index (χ2n) is 5.03. The van der Waals surface area contributed by atoms with E-state index in [0.717, 1.165) is 6.54 Å². The topological polar surface area (TPSA) is 24.9 Å². The van der Waals surface area contributed by atoms with E-state index < -0.39 is 0 Å². The number of aromatic nitrogens is 1. The molecule has 1 atom stereocenters. The molecule has 2 heteroatoms. The molecule has 1 heterocycles. The van der Waals surface area contributed by atoms with Gasteiger partial charge in [0.2, 0.25) is 0 Å². The van der Waals surface area contributed by atoms with E-state index in [9.17, 15) is 0 Å². The molecule has 1 aromatic heterocycles. The predicted octanol–water partition coefficient (Wildman–Crippen LogP) is 2.89. The van der Waals surface area contributed by atoms with Gasteiger partial charge < -0.3 is 5.32 Å². The molecule has 0 aliphatic heterocycles. The SMILES string of the molecule is CC(C)NCCCC1CCc2cccnc21. The van der Waals surface area contributed by atoms with Crippen molar-refractivity contribution in [3.63, 3.8) is 0 Å². The Labute approximate surface area is 98.5 Å². The van der Waals surface area contributed by atoms with Crippen molar-refractivity contribution in [3.8, 4) is 0 Å². The molecule has 1 aliphatic carbocycles. The van der Waals surface area contributed by atoms with Gasteiger partial charge in [-0.15, -0.1) is 0 Å². The van der Waals surface area contributed by atoms with Crippen LogP contribution in [0.5, 0.6) is 0 Å². The Balaban J connectivity index is 1.80. The molecule has 0 fully saturated rings. The maximum absolute atomic E-state index is 4.53. The van der Waals surface area contributed by atoms with Gasteiger partial charge in [0.05, 0.1) is 0 Å². The minimum atomic E-state index is 0.606. The van der Waals surface area contributed by atoms with Crippen molar-refractivity contribution in [2.24, 2.45) is 0 Å². The van der Waals surface area contributed by atoms with Gasteiger partial charge in [-0.2, -0.15) is 0 Å². The Bertz CT molecular complexity index is 333. The number of hydrogen-bond acceptors (Lipinski definition) is 2. The highest BCUT2D eigenvalue weighted by molar-refractivity contribution is 5.28. The average molecular weight is 218 g/mol. The molecule has 2 rings (SSSR count). The van der Waals surface area contributed by atoms with Gasteiger partial charge in [0.25, 0.3) is 0 Å². The molecular formula is C14H22N2. The van der Waals surface area contributed by atoms with Crippen LogP contribution in [0, 0.1) is 0 Å². The summed E-state index contributed by atoms with van der Waals surface area (Å²) in [5, 5.41) is 3.47. The van der Waals surface area contributed by atoms with Crippen LogP contribution in [-0.4, -0.2) is 17.6 Å². The number of nitrogens with one attached hydrogen (secondary N) is 1. The fraction of sp³-hybridized carbons (Fsp3) is 0.643. The number of pyridine rings is 1. The molecule has 16 heavy (non-hydrogen) atoms. The Morgan fingerprint density at radius 3 is 3.19 bits per heavy atom. The maximum Gasteiger partial charge on any atom is 0.0466 e. The van der Waals surface area contributed by atoms with Crippen LogP contribution < -0.4 is 5.32 Å². The molecular weight excluding hydrogens is 196 g/mol. The van der Waals surface area contributed by atoms with Gasteiger partial charge in [0.15, 0.2) is 0 Å². The number of nitrogens with zero attached hydrogens (tertiary/aromatic N) is 1. The van der Waals surface area contributed by atoms with Gasteiger partial charge >= 0.3 is 0 Å². The van der Waals surface area contributed by atoms with E-state index in [2.05, 4.69) is 36.3 Å². The molecule has 1 N–H and O–H groups in total. The summed E-state index contributed by atoms with van der Waals surface area (Å²) in [6.45, 7) is 5.54. The fourth-order valence-corrected chi connectivity index (χ4v) is 2.52. The third-order valence-electron chi connectivity index (χ3n) is 3.36. The van der Waals surface area contributed by atoms with Crippen molar-refractivity contribution in [3.05, 3.63) is 29.6 Å². The first-order valence-corrected chi connectivity index (χ1v) is 6.44. The third kappa shape index (κ3) is 2.82. The van der Waals surface area contributed by atoms with E-state index in [0.29, 0.717) is 12.0 Å². The van der Waals surface area contributed by atoms with Crippen molar-refractivity contribution in [1.82, 2.24) is 10.3 Å². The summed E-state index contributed by atoms with van der Waals surface area (Å²) in [5.41, 5.74) is 2.84. The minimum Gasteiger partial charge on any atom is -0.315 e. The minimum absolute atomic E-state index is 0.606. The van der Waals surface area contributed by atoms with Gasteiger partial charge in [-0.3, -0.25) is 4.98 Å². The Hall–Kier alpha value is -0.890. The smallest absolute Gasteiger partial charge is 0.0466 e. The summed E-state index contributed by atoms with van der Waals surface area (Å²) in [6.07, 6.45) is 7.01. The van der Waals surface area contributed by atoms with E-state index in [1.807, 2.05) is 6.20 Å². The van der Waals surface area contributed by atoms with Crippen LogP contribution in [0.1, 0.15) is 50.3 Å². The van der Waals surface area contributed by atoms with Crippen molar-refractivity contribution in [1.29, 1.82) is 0 Å². The zero-order chi connectivity index (χ0) is 11.4. The summed E-state index contributed by atoms with van der Waals surface area (Å²) in [5.74, 6) is 0.713. The number of rotatable bonds is 5. The molecule has 0 saturated heterocycles. The van der Waals surface area contributed by atoms with Crippen molar-refractivity contribution in [2.45, 2.75) is 51.5 Å². The maximum atomic E-state index is 4.53. The van der Waals surface area contributed by atoms with Crippen LogP contribution in [-0.2, 0) is 6.42 Å². The first kappa shape index (κ1) is 11.6. The van der Waals surface area contributed by atoms with Crippen molar-refractivity contribution in [2.75, 3.05) is 6.54 Å². The average Bonchev–Trinajstić information content (AvgIpc) is 2.68. The molecule has 1 unspecified atom stereocenters. The molecule has 0 saturated carbocycles. The van der Waals surface area contributed by atoms with Crippen LogP contribution in [0.15, 0.2) is 18.3 Å². The molecule has 1 aliphatic rings. The summed E-state index contributed by atoms with van der Waals surface area (Å²) in [7, 11) is 0. The number of hydrogen-bond donors (Lipinski definition) is 1. The van der Waals surface area contributed by atoms with Crippen molar-refractivity contribution < 1.29 is 0 Å². The molecule has 0 spiro atoms. The summed E-state index contributed by atoms with van der Waals surface area (Å²) in [6, 6.07) is 4.89. The van der Waals surface area contributed by atoms with Crippen molar-refractivity contribution >= 4 is 0 Å². The summed E-state index contributed by atoms with van der Waals surface area (Å²) < 4.78 is 0. The van der Waals surface area contributed by atoms with E-state index in [-0.39, 0.29) is 0 Å². The van der Waals surface area contributed by atoms with E-state index in [4.69, 9.17) is 0 Å². The molecule has 2 nitrogen and oxygen atoms in total. The Kier molecular flexibility index (Phi) is 3.94. The highest BCUT2D eigenvalue weighted by atomic mass is 14.9. The van der Waals surface area contributed by atoms with Gasteiger partial charge in [0.1, 0.15) is 0 Å². The van der Waals surface area contributed by atoms with E-state index in [1.54, 1.807) is 0 Å². The molecule has 0 radical (unpaired) electrons. The molecule has 0 amide bonds. The van der Waals surface area contributed by atoms with Crippen LogP contribution in [0.3, 0.4) is 0 Å². The fourth-order valence-electron chi connectivity index (χ4n) is 2.52. The standard InChI is InChI=1S/C14H22N2/c1-11(2)15-9-3-5-12-7-8-13-6-4-10-16-14(12)13/h4,6,10-12,15H,3,5,7-9H2,1-2H3. The second kappa shape index (κ2) is 5.44. The van der Waals surface area contributed by atoms with Crippen LogP contribution in [0.4, 0.5) is 0 Å². The summed E-state index contributed by atoms with van der Waals surface area (Å²) >= 11 is 0. The van der Waals surface area contributed by atoms with Gasteiger partial charge in [-0.1, -0.05) is 19.9 Å². The molecule has 88 valence electrons. The normalized spacial score (nSPS) is 19.1. The first-order chi connectivity index (χ1) is 7.77. The highest BCUT2D eigenvalue weighted by Crippen LogP contribution is 2.34. The summed E-state index contributed by atoms with van der Waals surface area (Å²) in [4.78, 5) is 4.53. The van der Waals surface area contributed by atoms with Gasteiger partial charge in [0, 0.05) is 23.9 Å².